The molecule has 2 heterocycles. The molecule has 0 bridgehead atoms. The maximum atomic E-state index is 12.5. The number of anilines is 1. The number of benzene rings is 2. The van der Waals surface area contributed by atoms with Gasteiger partial charge in [-0.3, -0.25) is 0 Å². The Morgan fingerprint density at radius 3 is 2.32 bits per heavy atom. The molecule has 1 aliphatic heterocycles. The number of ether oxygens (including phenoxy) is 1. The van der Waals surface area contributed by atoms with Gasteiger partial charge < -0.3 is 0 Å². The van der Waals surface area contributed by atoms with E-state index in [-0.39, 0.29) is 20.3 Å². The molecule has 0 amide bonds. The third-order valence-corrected chi connectivity index (χ3v) is 6.28. The van der Waals surface area contributed by atoms with E-state index in [2.05, 4.69) is 35.2 Å². The second-order valence-corrected chi connectivity index (χ2v) is 7.37. The van der Waals surface area contributed by atoms with E-state index in [1.807, 2.05) is 21.8 Å². The van der Waals surface area contributed by atoms with Gasteiger partial charge in [0, 0.05) is 0 Å². The molecule has 1 saturated heterocycles. The van der Waals surface area contributed by atoms with E-state index in [4.69, 9.17) is 4.74 Å². The Kier molecular flexibility index (Phi) is 3.62. The number of rotatable bonds is 2. The fourth-order valence-electron chi connectivity index (χ4n) is 2.76. The predicted molar refractivity (Wildman–Crippen MR) is 89.5 cm³/mol. The second kappa shape index (κ2) is 5.76. The molecule has 0 saturated carbocycles. The Hall–Kier alpha value is -1.81. The first kappa shape index (κ1) is 13.8. The van der Waals surface area contributed by atoms with Crippen LogP contribution in [0.15, 0.2) is 53.3 Å². The number of morpholine rings is 1. The summed E-state index contributed by atoms with van der Waals surface area (Å²) in [6.07, 6.45) is 0. The van der Waals surface area contributed by atoms with Crippen LogP contribution in [0.25, 0.3) is 15.3 Å². The number of hydrogen-bond acceptors (Lipinski definition) is 3. The third-order valence-electron chi connectivity index (χ3n) is 3.95. The van der Waals surface area contributed by atoms with Crippen molar-refractivity contribution in [3.8, 4) is 5.69 Å². The first-order valence-corrected chi connectivity index (χ1v) is 8.99. The van der Waals surface area contributed by atoms with Gasteiger partial charge in [-0.15, -0.1) is 0 Å². The monoisotopic (exact) mass is 360 g/mol. The van der Waals surface area contributed by atoms with Gasteiger partial charge in [0.2, 0.25) is 0 Å². The van der Waals surface area contributed by atoms with E-state index in [0.717, 1.165) is 41.6 Å². The van der Waals surface area contributed by atoms with Gasteiger partial charge in [-0.05, 0) is 0 Å². The van der Waals surface area contributed by atoms with Crippen LogP contribution < -0.4 is 10.5 Å². The molecule has 0 unspecified atom stereocenters. The molecule has 112 valence electrons. The van der Waals surface area contributed by atoms with Crippen LogP contribution in [0, 0.1) is 0 Å². The second-order valence-electron chi connectivity index (χ2n) is 5.30. The molecular weight excluding hydrogens is 343 g/mol. The van der Waals surface area contributed by atoms with Gasteiger partial charge in [0.05, 0.1) is 0 Å². The van der Waals surface area contributed by atoms with Crippen molar-refractivity contribution in [1.82, 2.24) is 3.56 Å². The minimum atomic E-state index is 0.0359. The van der Waals surface area contributed by atoms with Crippen molar-refractivity contribution in [2.45, 2.75) is 0 Å². The molecule has 5 heteroatoms. The molecule has 4 rings (SSSR count). The van der Waals surface area contributed by atoms with Crippen LogP contribution in [0.5, 0.6) is 0 Å². The van der Waals surface area contributed by atoms with Gasteiger partial charge in [-0.1, -0.05) is 0 Å². The van der Waals surface area contributed by atoms with Crippen LogP contribution in [0.1, 0.15) is 0 Å². The van der Waals surface area contributed by atoms with E-state index >= 15 is 0 Å². The van der Waals surface area contributed by atoms with Gasteiger partial charge in [0.1, 0.15) is 0 Å². The van der Waals surface area contributed by atoms with Crippen LogP contribution in [0.3, 0.4) is 0 Å². The Labute approximate surface area is 134 Å². The van der Waals surface area contributed by atoms with Crippen molar-refractivity contribution in [2.24, 2.45) is 0 Å². The number of nitrogens with zero attached hydrogens (tertiary/aromatic N) is 2. The van der Waals surface area contributed by atoms with Crippen molar-refractivity contribution in [2.75, 3.05) is 31.2 Å². The molecule has 0 radical (unpaired) electrons. The predicted octanol–water partition coefficient (Wildman–Crippen LogP) is 1.88. The van der Waals surface area contributed by atoms with Crippen molar-refractivity contribution in [3.63, 3.8) is 0 Å². The molecule has 3 aromatic rings. The van der Waals surface area contributed by atoms with E-state index in [1.54, 1.807) is 0 Å². The summed E-state index contributed by atoms with van der Waals surface area (Å²) >= 11 is 0.0359. The molecule has 0 atom stereocenters. The van der Waals surface area contributed by atoms with Crippen molar-refractivity contribution in [1.29, 1.82) is 0 Å². The van der Waals surface area contributed by atoms with Gasteiger partial charge in [-0.2, -0.15) is 0 Å². The zero-order valence-corrected chi connectivity index (χ0v) is 13.8. The van der Waals surface area contributed by atoms with E-state index in [9.17, 15) is 4.79 Å². The van der Waals surface area contributed by atoms with Crippen molar-refractivity contribution >= 4 is 30.1 Å². The molecule has 0 spiro atoms. The van der Waals surface area contributed by atoms with E-state index in [1.165, 1.54) is 5.69 Å². The minimum absolute atomic E-state index is 0.0359. The SMILES string of the molecule is O=c1c2ccccc2[se]n1-c1ccc(N2CCOCC2)cc1. The van der Waals surface area contributed by atoms with Crippen molar-refractivity contribution < 1.29 is 4.74 Å². The van der Waals surface area contributed by atoms with Crippen LogP contribution in [0.4, 0.5) is 5.69 Å². The molecule has 1 aliphatic rings. The van der Waals surface area contributed by atoms with Crippen LogP contribution in [-0.4, -0.2) is 44.6 Å². The summed E-state index contributed by atoms with van der Waals surface area (Å²) < 4.78 is 8.45. The summed E-state index contributed by atoms with van der Waals surface area (Å²) in [6.45, 7) is 3.42. The number of aromatic nitrogens is 1. The average molecular weight is 359 g/mol. The van der Waals surface area contributed by atoms with E-state index in [0.29, 0.717) is 0 Å². The zero-order valence-electron chi connectivity index (χ0n) is 12.1. The third kappa shape index (κ3) is 2.41. The maximum absolute atomic E-state index is 12.5. The number of fused-ring (bicyclic) bond motifs is 1. The summed E-state index contributed by atoms with van der Waals surface area (Å²) in [5.74, 6) is 0. The molecule has 0 N–H and O–H groups in total. The Balaban J connectivity index is 1.70. The Bertz CT molecular complexity index is 845. The summed E-state index contributed by atoms with van der Waals surface area (Å²) in [7, 11) is 0. The molecule has 1 fully saturated rings. The van der Waals surface area contributed by atoms with Gasteiger partial charge in [0.25, 0.3) is 0 Å². The zero-order chi connectivity index (χ0) is 14.9. The normalized spacial score (nSPS) is 15.4. The van der Waals surface area contributed by atoms with Gasteiger partial charge in [0.15, 0.2) is 0 Å². The first-order chi connectivity index (χ1) is 10.8. The van der Waals surface area contributed by atoms with Crippen LogP contribution in [-0.2, 0) is 4.74 Å². The topological polar surface area (TPSA) is 34.5 Å². The van der Waals surface area contributed by atoms with Crippen LogP contribution >= 0.6 is 0 Å². The Morgan fingerprint density at radius 1 is 0.909 bits per heavy atom. The summed E-state index contributed by atoms with van der Waals surface area (Å²) in [5.41, 5.74) is 2.30. The van der Waals surface area contributed by atoms with Crippen LogP contribution in [0.2, 0.25) is 0 Å². The summed E-state index contributed by atoms with van der Waals surface area (Å²) in [6, 6.07) is 16.2. The van der Waals surface area contributed by atoms with Gasteiger partial charge >= 0.3 is 134 Å². The standard InChI is InChI=1S/C17H16N2O2Se/c20-17-15-3-1-2-4-16(15)22-19(17)14-7-5-13(6-8-14)18-9-11-21-12-10-18/h1-8H,9-12H2. The summed E-state index contributed by atoms with van der Waals surface area (Å²) in [5, 5.41) is 0.847. The number of hydrogen-bond donors (Lipinski definition) is 0. The molecule has 1 aromatic heterocycles. The van der Waals surface area contributed by atoms with E-state index < -0.39 is 0 Å². The average Bonchev–Trinajstić information content (AvgIpc) is 2.93. The molecule has 22 heavy (non-hydrogen) atoms. The fourth-order valence-corrected chi connectivity index (χ4v) is 4.86. The quantitative estimate of drug-likeness (QED) is 0.656. The molecule has 4 nitrogen and oxygen atoms in total. The summed E-state index contributed by atoms with van der Waals surface area (Å²) in [4.78, 5) is 14.8. The Morgan fingerprint density at radius 2 is 1.59 bits per heavy atom. The van der Waals surface area contributed by atoms with Gasteiger partial charge in [-0.25, -0.2) is 0 Å². The molecular formula is C17H16N2O2Se. The molecule has 2 aromatic carbocycles. The van der Waals surface area contributed by atoms with Crippen molar-refractivity contribution in [3.05, 3.63) is 58.9 Å². The fraction of sp³-hybridized carbons (Fsp3) is 0.235. The first-order valence-electron chi connectivity index (χ1n) is 7.37. The molecule has 0 aliphatic carbocycles.